The maximum absolute atomic E-state index is 12.7. The van der Waals surface area contributed by atoms with Gasteiger partial charge in [0.25, 0.3) is 5.91 Å². The molecule has 3 rings (SSSR count). The van der Waals surface area contributed by atoms with Crippen molar-refractivity contribution in [2.75, 3.05) is 20.1 Å². The van der Waals surface area contributed by atoms with Crippen LogP contribution in [0.3, 0.4) is 0 Å². The molecular weight excluding hydrogens is 378 g/mol. The van der Waals surface area contributed by atoms with Crippen LogP contribution in [-0.2, 0) is 20.4 Å². The average Bonchev–Trinajstić information content (AvgIpc) is 2.69. The Kier molecular flexibility index (Phi) is 5.85. The van der Waals surface area contributed by atoms with Crippen molar-refractivity contribution < 1.29 is 18.3 Å². The number of likely N-dealkylation sites (tertiary alicyclic amines) is 1. The molecule has 1 heterocycles. The van der Waals surface area contributed by atoms with Gasteiger partial charge in [0.2, 0.25) is 10.0 Å². The van der Waals surface area contributed by atoms with Crippen LogP contribution >= 0.6 is 0 Å². The fourth-order valence-corrected chi connectivity index (χ4v) is 4.72. The van der Waals surface area contributed by atoms with E-state index in [1.807, 2.05) is 7.05 Å². The number of benzene rings is 2. The predicted molar refractivity (Wildman–Crippen MR) is 106 cm³/mol. The van der Waals surface area contributed by atoms with E-state index < -0.39 is 21.5 Å². The number of piperidine rings is 1. The maximum atomic E-state index is 12.7. The topological polar surface area (TPSA) is 113 Å². The molecule has 0 aliphatic carbocycles. The van der Waals surface area contributed by atoms with Crippen LogP contribution in [0.2, 0.25) is 0 Å². The standard InChI is InChI=1S/C20H25N3O4S/c1-23-13-11-17(12-14-23)22-28(26,27)18-9-7-16(8-10-18)20(25,19(21)24)15-5-3-2-4-6-15/h2-10,17,22,25H,11-14H2,1H3,(H2,21,24). The van der Waals surface area contributed by atoms with Crippen LogP contribution in [-0.4, -0.2) is 50.5 Å². The summed E-state index contributed by atoms with van der Waals surface area (Å²) in [6.45, 7) is 1.68. The summed E-state index contributed by atoms with van der Waals surface area (Å²) in [5.74, 6) is -0.932. The van der Waals surface area contributed by atoms with Crippen molar-refractivity contribution in [1.29, 1.82) is 0 Å². The maximum Gasteiger partial charge on any atom is 0.258 e. The summed E-state index contributed by atoms with van der Waals surface area (Å²) in [6.07, 6.45) is 1.51. The number of hydrogen-bond donors (Lipinski definition) is 3. The first-order valence-corrected chi connectivity index (χ1v) is 10.6. The molecule has 1 aliphatic rings. The molecule has 1 unspecified atom stereocenters. The van der Waals surface area contributed by atoms with Crippen molar-refractivity contribution >= 4 is 15.9 Å². The minimum atomic E-state index is -3.69. The monoisotopic (exact) mass is 403 g/mol. The van der Waals surface area contributed by atoms with E-state index in [2.05, 4.69) is 9.62 Å². The van der Waals surface area contributed by atoms with Gasteiger partial charge in [-0.2, -0.15) is 0 Å². The highest BCUT2D eigenvalue weighted by Gasteiger charge is 2.38. The molecule has 0 radical (unpaired) electrons. The Balaban J connectivity index is 1.85. The second-order valence-electron chi connectivity index (χ2n) is 7.16. The van der Waals surface area contributed by atoms with Crippen molar-refractivity contribution in [3.63, 3.8) is 0 Å². The van der Waals surface area contributed by atoms with Gasteiger partial charge in [0, 0.05) is 6.04 Å². The number of nitrogens with one attached hydrogen (secondary N) is 1. The molecule has 2 aromatic carbocycles. The zero-order valence-corrected chi connectivity index (χ0v) is 16.5. The third-order valence-electron chi connectivity index (χ3n) is 5.17. The highest BCUT2D eigenvalue weighted by atomic mass is 32.2. The molecule has 8 heteroatoms. The number of carbonyl (C=O) groups excluding carboxylic acids is 1. The third-order valence-corrected chi connectivity index (χ3v) is 6.71. The van der Waals surface area contributed by atoms with Gasteiger partial charge in [-0.25, -0.2) is 13.1 Å². The van der Waals surface area contributed by atoms with Crippen LogP contribution in [0.5, 0.6) is 0 Å². The molecule has 1 atom stereocenters. The Hall–Kier alpha value is -2.26. The second-order valence-corrected chi connectivity index (χ2v) is 8.88. The first-order chi connectivity index (χ1) is 13.2. The zero-order chi connectivity index (χ0) is 20.4. The van der Waals surface area contributed by atoms with Gasteiger partial charge in [-0.3, -0.25) is 4.79 Å². The van der Waals surface area contributed by atoms with E-state index in [1.54, 1.807) is 30.3 Å². The Morgan fingerprint density at radius 2 is 1.61 bits per heavy atom. The van der Waals surface area contributed by atoms with Crippen molar-refractivity contribution in [3.8, 4) is 0 Å². The molecule has 7 nitrogen and oxygen atoms in total. The summed E-state index contributed by atoms with van der Waals surface area (Å²) in [4.78, 5) is 14.3. The summed E-state index contributed by atoms with van der Waals surface area (Å²) in [5, 5.41) is 11.0. The van der Waals surface area contributed by atoms with Crippen molar-refractivity contribution in [3.05, 3.63) is 65.7 Å². The number of nitrogens with zero attached hydrogens (tertiary/aromatic N) is 1. The van der Waals surface area contributed by atoms with Crippen LogP contribution in [0.4, 0.5) is 0 Å². The highest BCUT2D eigenvalue weighted by Crippen LogP contribution is 2.30. The first kappa shape index (κ1) is 20.5. The van der Waals surface area contributed by atoms with Gasteiger partial charge < -0.3 is 15.7 Å². The number of aliphatic hydroxyl groups is 1. The lowest BCUT2D eigenvalue weighted by atomic mass is 9.86. The Bertz CT molecular complexity index is 924. The third kappa shape index (κ3) is 4.10. The average molecular weight is 404 g/mol. The van der Waals surface area contributed by atoms with E-state index in [-0.39, 0.29) is 16.5 Å². The van der Waals surface area contributed by atoms with Crippen molar-refractivity contribution in [2.24, 2.45) is 5.73 Å². The number of hydrogen-bond acceptors (Lipinski definition) is 5. The van der Waals surface area contributed by atoms with Crippen molar-refractivity contribution in [2.45, 2.75) is 29.4 Å². The second kappa shape index (κ2) is 8.00. The van der Waals surface area contributed by atoms with Gasteiger partial charge >= 0.3 is 0 Å². The molecule has 1 amide bonds. The largest absolute Gasteiger partial charge is 0.372 e. The molecule has 1 fully saturated rings. The lowest BCUT2D eigenvalue weighted by Gasteiger charge is -2.29. The number of carbonyl (C=O) groups is 1. The Morgan fingerprint density at radius 3 is 2.14 bits per heavy atom. The smallest absolute Gasteiger partial charge is 0.258 e. The van der Waals surface area contributed by atoms with Gasteiger partial charge in [0.05, 0.1) is 4.90 Å². The molecule has 0 spiro atoms. The summed E-state index contributed by atoms with van der Waals surface area (Å²) in [7, 11) is -1.68. The van der Waals surface area contributed by atoms with E-state index in [9.17, 15) is 18.3 Å². The SMILES string of the molecule is CN1CCC(NS(=O)(=O)c2ccc(C(O)(C(N)=O)c3ccccc3)cc2)CC1. The zero-order valence-electron chi connectivity index (χ0n) is 15.7. The number of amides is 1. The Morgan fingerprint density at radius 1 is 1.07 bits per heavy atom. The molecule has 150 valence electrons. The van der Waals surface area contributed by atoms with Gasteiger partial charge in [0.15, 0.2) is 5.60 Å². The fourth-order valence-electron chi connectivity index (χ4n) is 3.42. The molecule has 0 saturated carbocycles. The molecule has 1 aliphatic heterocycles. The highest BCUT2D eigenvalue weighted by molar-refractivity contribution is 7.89. The molecule has 1 saturated heterocycles. The van der Waals surface area contributed by atoms with E-state index in [1.165, 1.54) is 24.3 Å². The van der Waals surface area contributed by atoms with E-state index in [0.29, 0.717) is 5.56 Å². The lowest BCUT2D eigenvalue weighted by molar-refractivity contribution is -0.133. The van der Waals surface area contributed by atoms with Crippen LogP contribution in [0.25, 0.3) is 0 Å². The molecule has 2 aromatic rings. The van der Waals surface area contributed by atoms with E-state index in [0.717, 1.165) is 25.9 Å². The number of sulfonamides is 1. The van der Waals surface area contributed by atoms with Crippen LogP contribution in [0.15, 0.2) is 59.5 Å². The Labute approximate surface area is 165 Å². The van der Waals surface area contributed by atoms with Crippen LogP contribution in [0.1, 0.15) is 24.0 Å². The molecule has 28 heavy (non-hydrogen) atoms. The summed E-state index contributed by atoms with van der Waals surface area (Å²) < 4.78 is 28.1. The number of rotatable bonds is 6. The molecular formula is C20H25N3O4S. The fraction of sp³-hybridized carbons (Fsp3) is 0.350. The first-order valence-electron chi connectivity index (χ1n) is 9.12. The quantitative estimate of drug-likeness (QED) is 0.660. The lowest BCUT2D eigenvalue weighted by Crippen LogP contribution is -2.43. The number of primary amides is 1. The minimum Gasteiger partial charge on any atom is -0.372 e. The summed E-state index contributed by atoms with van der Waals surface area (Å²) in [5.41, 5.74) is 3.97. The normalized spacial score (nSPS) is 18.5. The van der Waals surface area contributed by atoms with Gasteiger partial charge in [0.1, 0.15) is 0 Å². The molecule has 0 aromatic heterocycles. The van der Waals surface area contributed by atoms with Crippen LogP contribution < -0.4 is 10.5 Å². The van der Waals surface area contributed by atoms with Gasteiger partial charge in [-0.05, 0) is 56.2 Å². The van der Waals surface area contributed by atoms with E-state index in [4.69, 9.17) is 5.73 Å². The van der Waals surface area contributed by atoms with Gasteiger partial charge in [-0.1, -0.05) is 42.5 Å². The van der Waals surface area contributed by atoms with Gasteiger partial charge in [-0.15, -0.1) is 0 Å². The molecule has 4 N–H and O–H groups in total. The summed E-state index contributed by atoms with van der Waals surface area (Å²) >= 11 is 0. The van der Waals surface area contributed by atoms with Crippen molar-refractivity contribution in [1.82, 2.24) is 9.62 Å². The summed E-state index contributed by atoms with van der Waals surface area (Å²) in [6, 6.07) is 13.8. The molecule has 0 bridgehead atoms. The predicted octanol–water partition coefficient (Wildman–Crippen LogP) is 0.780. The van der Waals surface area contributed by atoms with E-state index >= 15 is 0 Å². The minimum absolute atomic E-state index is 0.0788. The number of nitrogens with two attached hydrogens (primary N) is 1. The van der Waals surface area contributed by atoms with Crippen LogP contribution in [0, 0.1) is 0 Å².